The summed E-state index contributed by atoms with van der Waals surface area (Å²) in [4.78, 5) is 0. The smallest absolute Gasteiger partial charge is 0.0373 e. The minimum Gasteiger partial charge on any atom is -0.399 e. The first-order chi connectivity index (χ1) is 8.16. The number of rotatable bonds is 2. The second-order valence-corrected chi connectivity index (χ2v) is 5.44. The molecule has 0 saturated heterocycles. The third kappa shape index (κ3) is 3.15. The van der Waals surface area contributed by atoms with E-state index in [2.05, 4.69) is 25.2 Å². The van der Waals surface area contributed by atoms with E-state index in [0.717, 1.165) is 11.6 Å². The highest BCUT2D eigenvalue weighted by Gasteiger charge is 2.19. The fraction of sp³-hybridized carbons (Fsp3) is 0.600. The molecule has 1 aliphatic carbocycles. The van der Waals surface area contributed by atoms with Crippen molar-refractivity contribution in [3.63, 3.8) is 0 Å². The summed E-state index contributed by atoms with van der Waals surface area (Å²) in [5, 5.41) is 3.71. The molecule has 0 heterocycles. The molecule has 1 saturated carbocycles. The molecule has 0 radical (unpaired) electrons. The Morgan fingerprint density at radius 3 is 2.71 bits per heavy atom. The predicted octanol–water partition coefficient (Wildman–Crippen LogP) is 3.96. The number of nitrogen functional groups attached to an aromatic ring is 1. The zero-order valence-electron chi connectivity index (χ0n) is 11.0. The van der Waals surface area contributed by atoms with Gasteiger partial charge in [-0.25, -0.2) is 0 Å². The molecule has 2 heteroatoms. The van der Waals surface area contributed by atoms with Crippen molar-refractivity contribution in [3.8, 4) is 0 Å². The van der Waals surface area contributed by atoms with Crippen molar-refractivity contribution in [3.05, 3.63) is 23.8 Å². The SMILES string of the molecule is Cc1cc(N)ccc1NC1CCCCCC1C. The molecule has 1 aromatic carbocycles. The van der Waals surface area contributed by atoms with Gasteiger partial charge in [-0.05, 0) is 49.4 Å². The van der Waals surface area contributed by atoms with Gasteiger partial charge in [0.25, 0.3) is 0 Å². The minimum atomic E-state index is 0.625. The molecule has 2 atom stereocenters. The highest BCUT2D eigenvalue weighted by atomic mass is 14.9. The van der Waals surface area contributed by atoms with E-state index in [4.69, 9.17) is 5.73 Å². The van der Waals surface area contributed by atoms with E-state index in [1.54, 1.807) is 0 Å². The lowest BCUT2D eigenvalue weighted by Crippen LogP contribution is -2.26. The standard InChI is InChI=1S/C15H24N2/c1-11-6-4-3-5-7-14(11)17-15-9-8-13(16)10-12(15)2/h8-11,14,17H,3-7,16H2,1-2H3. The molecule has 1 aromatic rings. The summed E-state index contributed by atoms with van der Waals surface area (Å²) in [5.41, 5.74) is 9.13. The lowest BCUT2D eigenvalue weighted by Gasteiger charge is -2.25. The van der Waals surface area contributed by atoms with Crippen LogP contribution in [0.5, 0.6) is 0 Å². The zero-order chi connectivity index (χ0) is 12.3. The van der Waals surface area contributed by atoms with Gasteiger partial charge in [0.1, 0.15) is 0 Å². The Hall–Kier alpha value is -1.18. The van der Waals surface area contributed by atoms with Crippen molar-refractivity contribution < 1.29 is 0 Å². The summed E-state index contributed by atoms with van der Waals surface area (Å²) >= 11 is 0. The number of anilines is 2. The molecule has 0 aromatic heterocycles. The molecular formula is C15H24N2. The molecule has 0 amide bonds. The van der Waals surface area contributed by atoms with Gasteiger partial charge in [-0.1, -0.05) is 26.2 Å². The van der Waals surface area contributed by atoms with E-state index in [1.165, 1.54) is 43.4 Å². The monoisotopic (exact) mass is 232 g/mol. The number of nitrogens with two attached hydrogens (primary N) is 1. The van der Waals surface area contributed by atoms with Gasteiger partial charge in [0.2, 0.25) is 0 Å². The van der Waals surface area contributed by atoms with Crippen LogP contribution in [0.1, 0.15) is 44.6 Å². The molecule has 94 valence electrons. The van der Waals surface area contributed by atoms with Crippen LogP contribution in [-0.2, 0) is 0 Å². The third-order valence-corrected chi connectivity index (χ3v) is 3.95. The summed E-state index contributed by atoms with van der Waals surface area (Å²) < 4.78 is 0. The highest BCUT2D eigenvalue weighted by Crippen LogP contribution is 2.27. The molecular weight excluding hydrogens is 208 g/mol. The van der Waals surface area contributed by atoms with Crippen molar-refractivity contribution in [2.75, 3.05) is 11.1 Å². The van der Waals surface area contributed by atoms with Gasteiger partial charge < -0.3 is 11.1 Å². The Labute approximate surface area is 105 Å². The van der Waals surface area contributed by atoms with Crippen molar-refractivity contribution in [2.45, 2.75) is 52.0 Å². The van der Waals surface area contributed by atoms with Crippen LogP contribution in [0, 0.1) is 12.8 Å². The maximum Gasteiger partial charge on any atom is 0.0373 e. The molecule has 0 spiro atoms. The van der Waals surface area contributed by atoms with E-state index in [-0.39, 0.29) is 0 Å². The van der Waals surface area contributed by atoms with Crippen LogP contribution in [0.15, 0.2) is 18.2 Å². The number of benzene rings is 1. The average Bonchev–Trinajstić information content (AvgIpc) is 2.48. The minimum absolute atomic E-state index is 0.625. The van der Waals surface area contributed by atoms with Gasteiger partial charge in [0, 0.05) is 17.4 Å². The van der Waals surface area contributed by atoms with Gasteiger partial charge in [-0.2, -0.15) is 0 Å². The normalized spacial score (nSPS) is 25.3. The van der Waals surface area contributed by atoms with E-state index in [1.807, 2.05) is 12.1 Å². The highest BCUT2D eigenvalue weighted by molar-refractivity contribution is 5.57. The van der Waals surface area contributed by atoms with Crippen molar-refractivity contribution in [1.82, 2.24) is 0 Å². The molecule has 1 fully saturated rings. The first-order valence-corrected chi connectivity index (χ1v) is 6.79. The second-order valence-electron chi connectivity index (χ2n) is 5.44. The Bertz CT molecular complexity index is 373. The Morgan fingerprint density at radius 2 is 1.94 bits per heavy atom. The topological polar surface area (TPSA) is 38.0 Å². The number of aryl methyl sites for hydroxylation is 1. The van der Waals surface area contributed by atoms with Gasteiger partial charge in [0.05, 0.1) is 0 Å². The van der Waals surface area contributed by atoms with Gasteiger partial charge in [-0.15, -0.1) is 0 Å². The summed E-state index contributed by atoms with van der Waals surface area (Å²) in [5.74, 6) is 0.773. The lowest BCUT2D eigenvalue weighted by molar-refractivity contribution is 0.456. The second kappa shape index (κ2) is 5.44. The Balaban J connectivity index is 2.08. The predicted molar refractivity (Wildman–Crippen MR) is 75.3 cm³/mol. The number of hydrogen-bond acceptors (Lipinski definition) is 2. The molecule has 2 nitrogen and oxygen atoms in total. The van der Waals surface area contributed by atoms with Crippen LogP contribution in [-0.4, -0.2) is 6.04 Å². The number of hydrogen-bond donors (Lipinski definition) is 2. The summed E-state index contributed by atoms with van der Waals surface area (Å²) in [7, 11) is 0. The van der Waals surface area contributed by atoms with Crippen LogP contribution in [0.2, 0.25) is 0 Å². The van der Waals surface area contributed by atoms with Gasteiger partial charge >= 0.3 is 0 Å². The third-order valence-electron chi connectivity index (χ3n) is 3.95. The largest absolute Gasteiger partial charge is 0.399 e. The van der Waals surface area contributed by atoms with Crippen LogP contribution in [0.25, 0.3) is 0 Å². The van der Waals surface area contributed by atoms with Crippen LogP contribution >= 0.6 is 0 Å². The molecule has 2 rings (SSSR count). The Kier molecular flexibility index (Phi) is 3.93. The quantitative estimate of drug-likeness (QED) is 0.598. The van der Waals surface area contributed by atoms with Crippen molar-refractivity contribution in [1.29, 1.82) is 0 Å². The van der Waals surface area contributed by atoms with E-state index < -0.39 is 0 Å². The van der Waals surface area contributed by atoms with Gasteiger partial charge in [0.15, 0.2) is 0 Å². The summed E-state index contributed by atoms with van der Waals surface area (Å²) in [6.07, 6.45) is 6.79. The van der Waals surface area contributed by atoms with Crippen LogP contribution < -0.4 is 11.1 Å². The maximum atomic E-state index is 5.79. The Morgan fingerprint density at radius 1 is 1.18 bits per heavy atom. The van der Waals surface area contributed by atoms with Crippen molar-refractivity contribution in [2.24, 2.45) is 5.92 Å². The maximum absolute atomic E-state index is 5.79. The van der Waals surface area contributed by atoms with Crippen LogP contribution in [0.3, 0.4) is 0 Å². The number of nitrogens with one attached hydrogen (secondary N) is 1. The fourth-order valence-electron chi connectivity index (χ4n) is 2.76. The van der Waals surface area contributed by atoms with E-state index in [9.17, 15) is 0 Å². The molecule has 17 heavy (non-hydrogen) atoms. The molecule has 0 aliphatic heterocycles. The lowest BCUT2D eigenvalue weighted by atomic mass is 9.96. The van der Waals surface area contributed by atoms with E-state index in [0.29, 0.717) is 6.04 Å². The van der Waals surface area contributed by atoms with Crippen LogP contribution in [0.4, 0.5) is 11.4 Å². The van der Waals surface area contributed by atoms with Crippen molar-refractivity contribution >= 4 is 11.4 Å². The molecule has 1 aliphatic rings. The van der Waals surface area contributed by atoms with Gasteiger partial charge in [-0.3, -0.25) is 0 Å². The summed E-state index contributed by atoms with van der Waals surface area (Å²) in [6.45, 7) is 4.50. The first kappa shape index (κ1) is 12.3. The zero-order valence-corrected chi connectivity index (χ0v) is 11.0. The first-order valence-electron chi connectivity index (χ1n) is 6.79. The summed E-state index contributed by atoms with van der Waals surface area (Å²) in [6, 6.07) is 6.77. The fourth-order valence-corrected chi connectivity index (χ4v) is 2.76. The molecule has 3 N–H and O–H groups in total. The van der Waals surface area contributed by atoms with E-state index >= 15 is 0 Å². The average molecular weight is 232 g/mol. The molecule has 0 bridgehead atoms. The molecule has 2 unspecified atom stereocenters.